The van der Waals surface area contributed by atoms with Crippen LogP contribution in [0.25, 0.3) is 10.8 Å². The van der Waals surface area contributed by atoms with Crippen molar-refractivity contribution in [3.63, 3.8) is 0 Å². The van der Waals surface area contributed by atoms with Crippen molar-refractivity contribution >= 4 is 34.6 Å². The number of ether oxygens (including phenoxy) is 1. The Morgan fingerprint density at radius 3 is 2.40 bits per heavy atom. The van der Waals surface area contributed by atoms with Crippen LogP contribution in [0.2, 0.25) is 0 Å². The van der Waals surface area contributed by atoms with Crippen molar-refractivity contribution in [2.24, 2.45) is 0 Å². The molecule has 2 amide bonds. The van der Waals surface area contributed by atoms with Crippen molar-refractivity contribution in [3.8, 4) is 5.75 Å². The van der Waals surface area contributed by atoms with Gasteiger partial charge in [-0.3, -0.25) is 9.59 Å². The second-order valence-electron chi connectivity index (χ2n) is 5.20. The predicted molar refractivity (Wildman–Crippen MR) is 85.0 cm³/mol. The Labute approximate surface area is 144 Å². The number of hydrogen-bond acceptors (Lipinski definition) is 5. The molecule has 1 aliphatic heterocycles. The Morgan fingerprint density at radius 1 is 1.08 bits per heavy atom. The minimum atomic E-state index is -4.75. The molecule has 0 aromatic heterocycles. The zero-order chi connectivity index (χ0) is 18.2. The van der Waals surface area contributed by atoms with Crippen molar-refractivity contribution in [1.29, 1.82) is 0 Å². The van der Waals surface area contributed by atoms with Crippen LogP contribution in [0.3, 0.4) is 0 Å². The number of carbonyl (C=O) groups excluding carboxylic acids is 2. The molecule has 0 radical (unpaired) electrons. The van der Waals surface area contributed by atoms with Crippen LogP contribution in [0, 0.1) is 0 Å². The largest absolute Gasteiger partial charge is 0.493 e. The maximum atomic E-state index is 12.4. The number of amides is 2. The molecular formula is C16H12F3NO4S. The summed E-state index contributed by atoms with van der Waals surface area (Å²) in [6.45, 7) is 2.39. The number of nitrogens with zero attached hydrogens (tertiary/aromatic N) is 1. The molecule has 0 bridgehead atoms. The first-order valence-corrected chi connectivity index (χ1v) is 8.07. The highest BCUT2D eigenvalue weighted by Crippen LogP contribution is 2.38. The Kier molecular flexibility index (Phi) is 4.61. The molecule has 0 N–H and O–H groups in total. The summed E-state index contributed by atoms with van der Waals surface area (Å²) in [6.07, 6.45) is 0.775. The summed E-state index contributed by atoms with van der Waals surface area (Å²) in [4.78, 5) is 24.8. The van der Waals surface area contributed by atoms with E-state index in [1.165, 1.54) is 12.1 Å². The lowest BCUT2D eigenvalue weighted by Crippen LogP contribution is -2.39. The van der Waals surface area contributed by atoms with Gasteiger partial charge in [-0.05, 0) is 24.6 Å². The van der Waals surface area contributed by atoms with E-state index in [1.54, 1.807) is 18.2 Å². The number of hydroxylamine groups is 2. The third-order valence-electron chi connectivity index (χ3n) is 3.50. The maximum Gasteiger partial charge on any atom is 0.470 e. The van der Waals surface area contributed by atoms with Crippen LogP contribution >= 0.6 is 12.0 Å². The van der Waals surface area contributed by atoms with Gasteiger partial charge in [-0.1, -0.05) is 19.1 Å². The van der Waals surface area contributed by atoms with E-state index >= 15 is 0 Å². The van der Waals surface area contributed by atoms with E-state index in [1.807, 2.05) is 6.92 Å². The molecular weight excluding hydrogens is 359 g/mol. The first kappa shape index (κ1) is 17.6. The Bertz CT molecular complexity index is 831. The van der Waals surface area contributed by atoms with Gasteiger partial charge < -0.3 is 4.74 Å². The fourth-order valence-electron chi connectivity index (χ4n) is 2.53. The van der Waals surface area contributed by atoms with Gasteiger partial charge in [-0.15, -0.1) is 5.06 Å². The lowest BCUT2D eigenvalue weighted by atomic mass is 9.94. The first-order chi connectivity index (χ1) is 11.8. The summed E-state index contributed by atoms with van der Waals surface area (Å²) >= 11 is -0.914. The molecule has 132 valence electrons. The Balaban J connectivity index is 2.06. The molecule has 3 rings (SSSR count). The first-order valence-electron chi connectivity index (χ1n) is 7.33. The van der Waals surface area contributed by atoms with E-state index in [-0.39, 0.29) is 16.2 Å². The van der Waals surface area contributed by atoms with Gasteiger partial charge in [0, 0.05) is 10.8 Å². The maximum absolute atomic E-state index is 12.4. The quantitative estimate of drug-likeness (QED) is 0.579. The Hall–Kier alpha value is -2.26. The van der Waals surface area contributed by atoms with Crippen molar-refractivity contribution in [3.05, 3.63) is 41.5 Å². The number of rotatable bonds is 5. The van der Waals surface area contributed by atoms with Crippen LogP contribution in [0.4, 0.5) is 13.2 Å². The molecule has 1 heterocycles. The molecule has 0 unspecified atom stereocenters. The van der Waals surface area contributed by atoms with Gasteiger partial charge in [-0.25, -0.2) is 0 Å². The molecule has 5 nitrogen and oxygen atoms in total. The SMILES string of the molecule is CCCOc1ccc2c3c(cccc13)C(=O)N(OSC(F)(F)F)C2=O. The van der Waals surface area contributed by atoms with Crippen LogP contribution in [-0.4, -0.2) is 29.0 Å². The average molecular weight is 371 g/mol. The molecule has 2 aromatic rings. The molecule has 0 spiro atoms. The lowest BCUT2D eigenvalue weighted by Gasteiger charge is -2.25. The van der Waals surface area contributed by atoms with E-state index in [0.717, 1.165) is 6.42 Å². The lowest BCUT2D eigenvalue weighted by molar-refractivity contribution is -0.0570. The third kappa shape index (κ3) is 3.29. The van der Waals surface area contributed by atoms with Gasteiger partial charge in [0.05, 0.1) is 17.7 Å². The van der Waals surface area contributed by atoms with Gasteiger partial charge in [0.25, 0.3) is 11.8 Å². The zero-order valence-electron chi connectivity index (χ0n) is 12.9. The standard InChI is InChI=1S/C16H12F3NO4S/c1-2-8-23-12-7-6-11-13-9(12)4-3-5-10(13)14(21)20(15(11)22)24-25-16(17,18)19/h3-7H,2,8H2,1H3. The molecule has 0 aliphatic carbocycles. The summed E-state index contributed by atoms with van der Waals surface area (Å²) in [5, 5.41) is 1.03. The van der Waals surface area contributed by atoms with Gasteiger partial charge in [0.2, 0.25) is 0 Å². The highest BCUT2D eigenvalue weighted by molar-refractivity contribution is 7.95. The van der Waals surface area contributed by atoms with E-state index in [0.29, 0.717) is 23.1 Å². The predicted octanol–water partition coefficient (Wildman–Crippen LogP) is 4.32. The highest BCUT2D eigenvalue weighted by atomic mass is 32.2. The topological polar surface area (TPSA) is 55.8 Å². The summed E-state index contributed by atoms with van der Waals surface area (Å²) in [6, 6.07) is 7.66. The van der Waals surface area contributed by atoms with Crippen LogP contribution in [-0.2, 0) is 4.28 Å². The van der Waals surface area contributed by atoms with Crippen LogP contribution in [0.15, 0.2) is 30.3 Å². The van der Waals surface area contributed by atoms with Crippen LogP contribution < -0.4 is 4.74 Å². The molecule has 0 atom stereocenters. The van der Waals surface area contributed by atoms with E-state index in [4.69, 9.17) is 4.74 Å². The summed E-state index contributed by atoms with van der Waals surface area (Å²) < 4.78 is 47.0. The summed E-state index contributed by atoms with van der Waals surface area (Å²) in [5.41, 5.74) is -4.58. The zero-order valence-corrected chi connectivity index (χ0v) is 13.7. The van der Waals surface area contributed by atoms with Gasteiger partial charge in [0.1, 0.15) is 17.8 Å². The molecule has 0 fully saturated rings. The molecule has 0 saturated carbocycles. The van der Waals surface area contributed by atoms with Crippen molar-refractivity contribution < 1.29 is 31.8 Å². The average Bonchev–Trinajstić information content (AvgIpc) is 2.57. The third-order valence-corrected chi connectivity index (χ3v) is 3.91. The monoisotopic (exact) mass is 371 g/mol. The number of hydrogen-bond donors (Lipinski definition) is 0. The Morgan fingerprint density at radius 2 is 1.76 bits per heavy atom. The number of halogens is 3. The molecule has 9 heteroatoms. The van der Waals surface area contributed by atoms with Crippen molar-refractivity contribution in [1.82, 2.24) is 5.06 Å². The van der Waals surface area contributed by atoms with E-state index < -0.39 is 29.4 Å². The van der Waals surface area contributed by atoms with Crippen molar-refractivity contribution in [2.45, 2.75) is 18.9 Å². The van der Waals surface area contributed by atoms with E-state index in [2.05, 4.69) is 4.28 Å². The second kappa shape index (κ2) is 6.57. The van der Waals surface area contributed by atoms with Crippen LogP contribution in [0.5, 0.6) is 5.75 Å². The fourth-order valence-corrected chi connectivity index (χ4v) is 2.83. The van der Waals surface area contributed by atoms with Crippen molar-refractivity contribution in [2.75, 3.05) is 6.61 Å². The summed E-state index contributed by atoms with van der Waals surface area (Å²) in [7, 11) is 0. The molecule has 25 heavy (non-hydrogen) atoms. The fraction of sp³-hybridized carbons (Fsp3) is 0.250. The second-order valence-corrected chi connectivity index (χ2v) is 5.97. The molecule has 1 aliphatic rings. The number of imide groups is 1. The molecule has 2 aromatic carbocycles. The van der Waals surface area contributed by atoms with Gasteiger partial charge in [0.15, 0.2) is 0 Å². The number of carbonyl (C=O) groups is 2. The summed E-state index contributed by atoms with van der Waals surface area (Å²) in [5.74, 6) is -1.40. The minimum absolute atomic E-state index is 0.0804. The molecule has 0 saturated heterocycles. The number of benzene rings is 2. The van der Waals surface area contributed by atoms with Gasteiger partial charge >= 0.3 is 5.51 Å². The number of alkyl halides is 3. The van der Waals surface area contributed by atoms with Crippen LogP contribution in [0.1, 0.15) is 34.1 Å². The minimum Gasteiger partial charge on any atom is -0.493 e. The smallest absolute Gasteiger partial charge is 0.470 e. The van der Waals surface area contributed by atoms with E-state index in [9.17, 15) is 22.8 Å². The van der Waals surface area contributed by atoms with Gasteiger partial charge in [-0.2, -0.15) is 17.5 Å². The normalized spacial score (nSPS) is 14.3. The highest BCUT2D eigenvalue weighted by Gasteiger charge is 2.39.